The van der Waals surface area contributed by atoms with Crippen LogP contribution in [0.25, 0.3) is 53.6 Å². The smallest absolute Gasteiger partial charge is 0.287 e. The highest BCUT2D eigenvalue weighted by Gasteiger charge is 2.26. The number of aryl methyl sites for hydroxylation is 2. The maximum atomic E-state index is 13.8. The van der Waals surface area contributed by atoms with Crippen molar-refractivity contribution in [3.8, 4) is 11.3 Å². The van der Waals surface area contributed by atoms with E-state index in [1.54, 1.807) is 17.4 Å². The van der Waals surface area contributed by atoms with Crippen LogP contribution in [0.1, 0.15) is 11.1 Å². The highest BCUT2D eigenvalue weighted by atomic mass is 32.1. The lowest BCUT2D eigenvalue weighted by molar-refractivity contribution is -0.662. The van der Waals surface area contributed by atoms with E-state index in [1.165, 1.54) is 10.8 Å². The third-order valence-corrected chi connectivity index (χ3v) is 7.01. The van der Waals surface area contributed by atoms with E-state index in [9.17, 15) is 4.39 Å². The Hall–Kier alpha value is -3.38. The lowest BCUT2D eigenvalue weighted by Gasteiger charge is -2.10. The second kappa shape index (κ2) is 6.06. The van der Waals surface area contributed by atoms with Gasteiger partial charge in [-0.05, 0) is 60.3 Å². The molecule has 0 saturated carbocycles. The Morgan fingerprint density at radius 1 is 1.03 bits per heavy atom. The number of furan rings is 1. The van der Waals surface area contributed by atoms with E-state index < -0.39 is 5.95 Å². The normalized spacial score (nSPS) is 12.0. The van der Waals surface area contributed by atoms with Gasteiger partial charge in [-0.2, -0.15) is 9.37 Å². The van der Waals surface area contributed by atoms with Gasteiger partial charge in [0.1, 0.15) is 10.3 Å². The Balaban J connectivity index is 1.83. The van der Waals surface area contributed by atoms with E-state index in [1.807, 2.05) is 30.1 Å². The number of pyridine rings is 1. The first-order valence-corrected chi connectivity index (χ1v) is 10.5. The van der Waals surface area contributed by atoms with Crippen LogP contribution >= 0.6 is 11.3 Å². The third kappa shape index (κ3) is 2.28. The van der Waals surface area contributed by atoms with Crippen LogP contribution in [0.5, 0.6) is 0 Å². The molecule has 30 heavy (non-hydrogen) atoms. The number of hydrogen-bond donors (Lipinski definition) is 0. The average molecular weight is 414 g/mol. The van der Waals surface area contributed by atoms with Crippen molar-refractivity contribution in [2.75, 3.05) is 0 Å². The van der Waals surface area contributed by atoms with Crippen LogP contribution in [-0.2, 0) is 7.05 Å². The van der Waals surface area contributed by atoms with E-state index in [4.69, 9.17) is 9.40 Å². The molecular weight excluding hydrogens is 397 g/mol. The number of thiophene rings is 1. The number of hydrogen-bond acceptors (Lipinski definition) is 4. The largest absolute Gasteiger partial charge is 0.437 e. The van der Waals surface area contributed by atoms with E-state index in [2.05, 4.69) is 37.0 Å². The minimum atomic E-state index is -0.544. The second-order valence-electron chi connectivity index (χ2n) is 7.64. The lowest BCUT2D eigenvalue weighted by atomic mass is 9.96. The van der Waals surface area contributed by atoms with Gasteiger partial charge in [0, 0.05) is 20.9 Å². The molecule has 4 nitrogen and oxygen atoms in total. The quantitative estimate of drug-likeness (QED) is 0.245. The molecule has 0 aliphatic rings. The molecule has 0 amide bonds. The molecule has 6 rings (SSSR count). The molecule has 146 valence electrons. The molecule has 0 fully saturated rings. The summed E-state index contributed by atoms with van der Waals surface area (Å²) in [6, 6.07) is 13.5. The Morgan fingerprint density at radius 3 is 2.73 bits per heavy atom. The minimum absolute atomic E-state index is 0.320. The predicted molar refractivity (Wildman–Crippen MR) is 118 cm³/mol. The Labute approximate surface area is 175 Å². The zero-order valence-corrected chi connectivity index (χ0v) is 17.5. The Morgan fingerprint density at radius 2 is 1.87 bits per heavy atom. The first-order valence-electron chi connectivity index (χ1n) is 9.68. The van der Waals surface area contributed by atoms with Gasteiger partial charge >= 0.3 is 0 Å². The first kappa shape index (κ1) is 17.5. The highest BCUT2D eigenvalue weighted by Crippen LogP contribution is 2.43. The average Bonchev–Trinajstić information content (AvgIpc) is 3.27. The Kier molecular flexibility index (Phi) is 3.53. The van der Waals surface area contributed by atoms with Crippen molar-refractivity contribution < 1.29 is 13.4 Å². The molecule has 0 saturated heterocycles. The summed E-state index contributed by atoms with van der Waals surface area (Å²) in [4.78, 5) is 8.70. The van der Waals surface area contributed by atoms with E-state index >= 15 is 0 Å². The fourth-order valence-electron chi connectivity index (χ4n) is 4.25. The van der Waals surface area contributed by atoms with Crippen LogP contribution in [0.2, 0.25) is 0 Å². The molecule has 0 bridgehead atoms. The molecule has 4 heterocycles. The summed E-state index contributed by atoms with van der Waals surface area (Å²) in [5.74, 6) is -0.544. The second-order valence-corrected chi connectivity index (χ2v) is 8.69. The van der Waals surface area contributed by atoms with Gasteiger partial charge in [-0.1, -0.05) is 12.1 Å². The van der Waals surface area contributed by atoms with Gasteiger partial charge in [0.05, 0.1) is 12.6 Å². The van der Waals surface area contributed by atoms with Crippen LogP contribution in [0, 0.1) is 19.8 Å². The van der Waals surface area contributed by atoms with E-state index in [0.717, 1.165) is 54.3 Å². The fraction of sp³-hybridized carbons (Fsp3) is 0.125. The molecule has 0 aliphatic carbocycles. The summed E-state index contributed by atoms with van der Waals surface area (Å²) in [6.45, 7) is 4.20. The number of nitrogens with zero attached hydrogens (tertiary/aromatic N) is 3. The molecule has 2 aromatic carbocycles. The summed E-state index contributed by atoms with van der Waals surface area (Å²) in [7, 11) is 2.00. The summed E-state index contributed by atoms with van der Waals surface area (Å²) in [5, 5.41) is 2.91. The lowest BCUT2D eigenvalue weighted by Crippen LogP contribution is -2.31. The summed E-state index contributed by atoms with van der Waals surface area (Å²) < 4.78 is 24.3. The first-order chi connectivity index (χ1) is 14.5. The molecule has 4 aromatic heterocycles. The molecule has 0 N–H and O–H groups in total. The monoisotopic (exact) mass is 414 g/mol. The van der Waals surface area contributed by atoms with E-state index in [-0.39, 0.29) is 0 Å². The van der Waals surface area contributed by atoms with Gasteiger partial charge < -0.3 is 4.42 Å². The molecule has 0 unspecified atom stereocenters. The molecule has 0 radical (unpaired) electrons. The maximum absolute atomic E-state index is 13.8. The van der Waals surface area contributed by atoms with Crippen molar-refractivity contribution >= 4 is 53.7 Å². The third-order valence-electron chi connectivity index (χ3n) is 5.85. The van der Waals surface area contributed by atoms with Crippen LogP contribution in [0.3, 0.4) is 0 Å². The zero-order chi connectivity index (χ0) is 20.6. The van der Waals surface area contributed by atoms with Crippen molar-refractivity contribution in [3.63, 3.8) is 0 Å². The number of aromatic nitrogens is 3. The van der Waals surface area contributed by atoms with Crippen molar-refractivity contribution in [1.29, 1.82) is 0 Å². The molecule has 0 spiro atoms. The fourth-order valence-corrected chi connectivity index (χ4v) is 5.50. The van der Waals surface area contributed by atoms with Crippen LogP contribution < -0.4 is 4.57 Å². The standard InChI is InChI=1S/C24H17FN3OS/c1-12-10-16-14-8-9-18(25)27-24(14)29-22(16)19(13(12)2)21-23-20(26-11-28(21)3)15-6-4-5-7-17(15)30-23/h4-11H,1-3H3/q+1. The van der Waals surface area contributed by atoms with Crippen LogP contribution in [-0.4, -0.2) is 9.97 Å². The van der Waals surface area contributed by atoms with E-state index in [0.29, 0.717) is 5.71 Å². The van der Waals surface area contributed by atoms with Crippen molar-refractivity contribution in [1.82, 2.24) is 9.97 Å². The van der Waals surface area contributed by atoms with Gasteiger partial charge in [-0.25, -0.2) is 4.57 Å². The molecule has 6 aromatic rings. The molecule has 0 aliphatic heterocycles. The molecular formula is C24H17FN3OS+. The number of rotatable bonds is 1. The SMILES string of the molecule is Cc1cc2c(oc3nc(F)ccc32)c(-c2c3sc4ccccc4c3nc[n+]2C)c1C. The van der Waals surface area contributed by atoms with Crippen molar-refractivity contribution in [2.24, 2.45) is 7.05 Å². The van der Waals surface area contributed by atoms with Crippen molar-refractivity contribution in [2.45, 2.75) is 13.8 Å². The number of halogens is 1. The van der Waals surface area contributed by atoms with Crippen molar-refractivity contribution in [3.05, 3.63) is 65.9 Å². The van der Waals surface area contributed by atoms with Gasteiger partial charge in [0.15, 0.2) is 5.69 Å². The Bertz CT molecular complexity index is 1650. The topological polar surface area (TPSA) is 42.8 Å². The summed E-state index contributed by atoms with van der Waals surface area (Å²) in [5.41, 5.74) is 6.36. The van der Waals surface area contributed by atoms with Gasteiger partial charge in [0.2, 0.25) is 17.2 Å². The summed E-state index contributed by atoms with van der Waals surface area (Å²) in [6.07, 6.45) is 1.85. The van der Waals surface area contributed by atoms with Crippen LogP contribution in [0.4, 0.5) is 4.39 Å². The summed E-state index contributed by atoms with van der Waals surface area (Å²) >= 11 is 1.73. The number of fused-ring (bicyclic) bond motifs is 6. The minimum Gasteiger partial charge on any atom is -0.437 e. The number of benzene rings is 2. The zero-order valence-electron chi connectivity index (χ0n) is 16.7. The maximum Gasteiger partial charge on any atom is 0.287 e. The van der Waals surface area contributed by atoms with Gasteiger partial charge in [-0.15, -0.1) is 11.3 Å². The predicted octanol–water partition coefficient (Wildman–Crippen LogP) is 5.99. The molecule has 6 heteroatoms. The van der Waals surface area contributed by atoms with Gasteiger partial charge in [0.25, 0.3) is 6.33 Å². The van der Waals surface area contributed by atoms with Gasteiger partial charge in [-0.3, -0.25) is 0 Å². The molecule has 0 atom stereocenters. The van der Waals surface area contributed by atoms with Crippen LogP contribution in [0.15, 0.2) is 53.2 Å². The highest BCUT2D eigenvalue weighted by molar-refractivity contribution is 7.26.